The Labute approximate surface area is 155 Å². The lowest BCUT2D eigenvalue weighted by molar-refractivity contribution is -0.151. The smallest absolute Gasteiger partial charge is 0.313 e. The highest BCUT2D eigenvalue weighted by molar-refractivity contribution is 6.30. The number of esters is 1. The minimum Gasteiger partial charge on any atom is -0.492 e. The molecule has 3 aromatic rings. The summed E-state index contributed by atoms with van der Waals surface area (Å²) in [5.41, 5.74) is 2.41. The predicted molar refractivity (Wildman–Crippen MR) is 95.9 cm³/mol. The van der Waals surface area contributed by atoms with E-state index in [1.54, 1.807) is 12.1 Å². The maximum absolute atomic E-state index is 12.3. The fourth-order valence-electron chi connectivity index (χ4n) is 2.90. The van der Waals surface area contributed by atoms with E-state index < -0.39 is 0 Å². The van der Waals surface area contributed by atoms with E-state index in [1.165, 1.54) is 0 Å². The molecule has 1 aliphatic heterocycles. The van der Waals surface area contributed by atoms with Gasteiger partial charge >= 0.3 is 5.97 Å². The van der Waals surface area contributed by atoms with Gasteiger partial charge in [-0.05, 0) is 30.2 Å². The molecule has 132 valence electrons. The summed E-state index contributed by atoms with van der Waals surface area (Å²) in [4.78, 5) is 12.3. The highest BCUT2D eigenvalue weighted by atomic mass is 35.5. The number of ether oxygens (including phenoxy) is 2. The van der Waals surface area contributed by atoms with Gasteiger partial charge in [0.2, 0.25) is 0 Å². The normalized spacial score (nSPS) is 15.8. The summed E-state index contributed by atoms with van der Waals surface area (Å²) < 4.78 is 16.3. The molecule has 2 aromatic carbocycles. The Balaban J connectivity index is 1.37. The number of carbonyl (C=O) groups is 1. The second-order valence-electron chi connectivity index (χ2n) is 6.12. The number of benzene rings is 2. The van der Waals surface area contributed by atoms with Crippen molar-refractivity contribution in [3.8, 4) is 17.1 Å². The molecule has 0 unspecified atom stereocenters. The molecule has 0 spiro atoms. The van der Waals surface area contributed by atoms with Crippen molar-refractivity contribution < 1.29 is 18.8 Å². The van der Waals surface area contributed by atoms with Gasteiger partial charge < -0.3 is 14.0 Å². The van der Waals surface area contributed by atoms with Gasteiger partial charge in [0, 0.05) is 16.7 Å². The van der Waals surface area contributed by atoms with Gasteiger partial charge in [-0.25, -0.2) is 0 Å². The first kappa shape index (κ1) is 16.7. The first-order valence-electron chi connectivity index (χ1n) is 8.28. The number of aromatic nitrogens is 1. The van der Waals surface area contributed by atoms with Crippen molar-refractivity contribution in [1.29, 1.82) is 0 Å². The number of hydrogen-bond acceptors (Lipinski definition) is 5. The summed E-state index contributed by atoms with van der Waals surface area (Å²) in [5, 5.41) is 4.58. The minimum absolute atomic E-state index is 0.0636. The van der Waals surface area contributed by atoms with E-state index in [4.69, 9.17) is 25.6 Å². The molecule has 0 aliphatic carbocycles. The van der Waals surface area contributed by atoms with E-state index in [2.05, 4.69) is 5.16 Å². The molecule has 0 saturated carbocycles. The molecule has 0 saturated heterocycles. The van der Waals surface area contributed by atoms with E-state index in [0.29, 0.717) is 29.5 Å². The third-order valence-corrected chi connectivity index (χ3v) is 4.48. The number of rotatable bonds is 4. The molecule has 0 amide bonds. The maximum atomic E-state index is 12.3. The Morgan fingerprint density at radius 1 is 1.19 bits per heavy atom. The summed E-state index contributed by atoms with van der Waals surface area (Å²) in [7, 11) is 0. The van der Waals surface area contributed by atoms with E-state index >= 15 is 0 Å². The molecule has 1 aromatic heterocycles. The maximum Gasteiger partial charge on any atom is 0.313 e. The molecule has 26 heavy (non-hydrogen) atoms. The number of nitrogens with zero attached hydrogens (tertiary/aromatic N) is 1. The van der Waals surface area contributed by atoms with Gasteiger partial charge in [0.05, 0.1) is 5.92 Å². The van der Waals surface area contributed by atoms with Gasteiger partial charge in [0.15, 0.2) is 5.76 Å². The summed E-state index contributed by atoms with van der Waals surface area (Å²) in [5.74, 6) is 0.727. The number of fused-ring (bicyclic) bond motifs is 1. The lowest BCUT2D eigenvalue weighted by Crippen LogP contribution is -2.29. The zero-order chi connectivity index (χ0) is 17.9. The van der Waals surface area contributed by atoms with Crippen LogP contribution in [0.4, 0.5) is 0 Å². The SMILES string of the molecule is O=C(OCc1cc(-c2ccccc2)on1)[C@@H]1COc2ccc(Cl)cc2C1. The van der Waals surface area contributed by atoms with Crippen molar-refractivity contribution in [2.75, 3.05) is 6.61 Å². The quantitative estimate of drug-likeness (QED) is 0.642. The lowest BCUT2D eigenvalue weighted by atomic mass is 9.97. The average molecular weight is 370 g/mol. The van der Waals surface area contributed by atoms with Crippen LogP contribution in [0.3, 0.4) is 0 Å². The molecular weight excluding hydrogens is 354 g/mol. The average Bonchev–Trinajstić information content (AvgIpc) is 3.15. The van der Waals surface area contributed by atoms with Crippen LogP contribution < -0.4 is 4.74 Å². The first-order valence-corrected chi connectivity index (χ1v) is 8.66. The molecule has 0 N–H and O–H groups in total. The summed E-state index contributed by atoms with van der Waals surface area (Å²) in [6.45, 7) is 0.357. The number of hydrogen-bond donors (Lipinski definition) is 0. The Bertz CT molecular complexity index is 923. The second-order valence-corrected chi connectivity index (χ2v) is 6.56. The van der Waals surface area contributed by atoms with Crippen molar-refractivity contribution in [1.82, 2.24) is 5.16 Å². The molecular formula is C20H16ClNO4. The Morgan fingerprint density at radius 2 is 2.04 bits per heavy atom. The van der Waals surface area contributed by atoms with Crippen LogP contribution in [-0.4, -0.2) is 17.7 Å². The van der Waals surface area contributed by atoms with E-state index in [1.807, 2.05) is 42.5 Å². The van der Waals surface area contributed by atoms with Crippen LogP contribution in [0.2, 0.25) is 5.02 Å². The molecule has 2 heterocycles. The fourth-order valence-corrected chi connectivity index (χ4v) is 3.09. The molecule has 5 nitrogen and oxygen atoms in total. The van der Waals surface area contributed by atoms with Crippen LogP contribution in [-0.2, 0) is 22.6 Å². The van der Waals surface area contributed by atoms with Gasteiger partial charge in [-0.2, -0.15) is 0 Å². The summed E-state index contributed by atoms with van der Waals surface area (Å²) in [6.07, 6.45) is 0.544. The van der Waals surface area contributed by atoms with Crippen LogP contribution in [0.5, 0.6) is 5.75 Å². The molecule has 6 heteroatoms. The molecule has 4 rings (SSSR count). The predicted octanol–water partition coefficient (Wildman–Crippen LogP) is 4.29. The monoisotopic (exact) mass is 369 g/mol. The van der Waals surface area contributed by atoms with E-state index in [9.17, 15) is 4.79 Å². The van der Waals surface area contributed by atoms with Gasteiger partial charge in [-0.1, -0.05) is 47.1 Å². The van der Waals surface area contributed by atoms with Crippen LogP contribution in [0.1, 0.15) is 11.3 Å². The van der Waals surface area contributed by atoms with Crippen molar-refractivity contribution in [3.05, 3.63) is 70.9 Å². The molecule has 0 radical (unpaired) electrons. The van der Waals surface area contributed by atoms with Crippen molar-refractivity contribution >= 4 is 17.6 Å². The largest absolute Gasteiger partial charge is 0.492 e. The first-order chi connectivity index (χ1) is 12.7. The molecule has 0 fully saturated rings. The molecule has 1 aliphatic rings. The zero-order valence-electron chi connectivity index (χ0n) is 13.9. The Morgan fingerprint density at radius 3 is 2.88 bits per heavy atom. The third kappa shape index (κ3) is 3.58. The Hall–Kier alpha value is -2.79. The van der Waals surface area contributed by atoms with Crippen molar-refractivity contribution in [2.45, 2.75) is 13.0 Å². The van der Waals surface area contributed by atoms with Gasteiger partial charge in [-0.15, -0.1) is 0 Å². The van der Waals surface area contributed by atoms with Gasteiger partial charge in [0.1, 0.15) is 24.7 Å². The van der Waals surface area contributed by atoms with Crippen molar-refractivity contribution in [3.63, 3.8) is 0 Å². The summed E-state index contributed by atoms with van der Waals surface area (Å²) in [6, 6.07) is 16.8. The summed E-state index contributed by atoms with van der Waals surface area (Å²) >= 11 is 6.01. The highest BCUT2D eigenvalue weighted by Crippen LogP contribution is 2.30. The molecule has 0 bridgehead atoms. The van der Waals surface area contributed by atoms with Crippen LogP contribution in [0.15, 0.2) is 59.1 Å². The van der Waals surface area contributed by atoms with E-state index in [-0.39, 0.29) is 18.5 Å². The zero-order valence-corrected chi connectivity index (χ0v) is 14.6. The van der Waals surface area contributed by atoms with Gasteiger partial charge in [0.25, 0.3) is 0 Å². The van der Waals surface area contributed by atoms with Gasteiger partial charge in [-0.3, -0.25) is 4.79 Å². The van der Waals surface area contributed by atoms with Crippen LogP contribution in [0.25, 0.3) is 11.3 Å². The Kier molecular flexibility index (Phi) is 4.63. The topological polar surface area (TPSA) is 61.6 Å². The highest BCUT2D eigenvalue weighted by Gasteiger charge is 2.27. The number of halogens is 1. The standard InChI is InChI=1S/C20H16ClNO4/c21-16-6-7-18-14(9-16)8-15(11-24-18)20(23)25-12-17-10-19(26-22-17)13-4-2-1-3-5-13/h1-7,9-10,15H,8,11-12H2/t15-/m0/s1. The number of carbonyl (C=O) groups excluding carboxylic acids is 1. The minimum atomic E-state index is -0.360. The molecule has 1 atom stereocenters. The fraction of sp³-hybridized carbons (Fsp3) is 0.200. The lowest BCUT2D eigenvalue weighted by Gasteiger charge is -2.24. The van der Waals surface area contributed by atoms with Crippen LogP contribution >= 0.6 is 11.6 Å². The van der Waals surface area contributed by atoms with Crippen molar-refractivity contribution in [2.24, 2.45) is 5.92 Å². The van der Waals surface area contributed by atoms with Crippen LogP contribution in [0, 0.1) is 5.92 Å². The third-order valence-electron chi connectivity index (χ3n) is 4.24. The van der Waals surface area contributed by atoms with E-state index in [0.717, 1.165) is 16.9 Å². The second kappa shape index (κ2) is 7.22.